The van der Waals surface area contributed by atoms with Crippen molar-refractivity contribution in [3.63, 3.8) is 0 Å². The van der Waals surface area contributed by atoms with Crippen LogP contribution in [-0.2, 0) is 22.6 Å². The van der Waals surface area contributed by atoms with E-state index < -0.39 is 17.7 Å². The zero-order valence-electron chi connectivity index (χ0n) is 15.8. The molecule has 2 fully saturated rings. The molecule has 0 amide bonds. The van der Waals surface area contributed by atoms with Crippen LogP contribution in [0.2, 0.25) is 0 Å². The highest BCUT2D eigenvalue weighted by molar-refractivity contribution is 14.1. The number of nitrogens with zero attached hydrogens (tertiary/aromatic N) is 1. The minimum absolute atomic E-state index is 0.0569. The Bertz CT molecular complexity index is 578. The summed E-state index contributed by atoms with van der Waals surface area (Å²) in [7, 11) is 0. The van der Waals surface area contributed by atoms with Gasteiger partial charge in [0.15, 0.2) is 6.29 Å². The van der Waals surface area contributed by atoms with Gasteiger partial charge in [0.25, 0.3) is 0 Å². The molecule has 6 heteroatoms. The Morgan fingerprint density at radius 3 is 2.42 bits per heavy atom. The monoisotopic (exact) mass is 491 g/mol. The lowest BCUT2D eigenvalue weighted by Gasteiger charge is -2.43. The topological polar surface area (TPSA) is 55.8 Å². The van der Waals surface area contributed by atoms with Crippen molar-refractivity contribution in [2.75, 3.05) is 0 Å². The second-order valence-corrected chi connectivity index (χ2v) is 12.2. The van der Waals surface area contributed by atoms with Crippen LogP contribution >= 0.6 is 22.6 Å². The number of aliphatic hydroxyl groups excluding tert-OH is 1. The van der Waals surface area contributed by atoms with Gasteiger partial charge in [0.2, 0.25) is 0 Å². The maximum atomic E-state index is 13.4. The Kier molecular flexibility index (Phi) is 6.95. The van der Waals surface area contributed by atoms with Crippen molar-refractivity contribution in [2.45, 2.75) is 80.1 Å². The van der Waals surface area contributed by atoms with Gasteiger partial charge in [-0.1, -0.05) is 52.9 Å². The quantitative estimate of drug-likeness (QED) is 0.371. The molecule has 146 valence electrons. The normalized spacial score (nSPS) is 29.6. The Balaban J connectivity index is 1.86. The Labute approximate surface area is 174 Å². The zero-order valence-corrected chi connectivity index (χ0v) is 18.8. The molecule has 1 N–H and O–H groups in total. The van der Waals surface area contributed by atoms with Crippen molar-refractivity contribution in [1.82, 2.24) is 4.31 Å². The van der Waals surface area contributed by atoms with E-state index in [2.05, 4.69) is 39.0 Å². The number of benzene rings is 1. The standard InChI is InChI=1S/C20H30INO3S/c1-20(2,3)26(24)22(13-14-7-5-4-6-8-14)18(15-9-10-15)17-12-11-16(21)19(23)25-17/h4-8,15-19,23H,9-13H2,1-3H3/t16-,17-,18-,19-,26-/m0/s1. The van der Waals surface area contributed by atoms with E-state index in [-0.39, 0.29) is 20.8 Å². The number of aliphatic hydroxyl groups is 1. The maximum absolute atomic E-state index is 13.4. The Morgan fingerprint density at radius 1 is 1.23 bits per heavy atom. The molecule has 0 spiro atoms. The predicted octanol–water partition coefficient (Wildman–Crippen LogP) is 4.03. The summed E-state index contributed by atoms with van der Waals surface area (Å²) in [5, 5.41) is 10.2. The lowest BCUT2D eigenvalue weighted by molar-refractivity contribution is -0.172. The molecule has 0 radical (unpaired) electrons. The highest BCUT2D eigenvalue weighted by Gasteiger charge is 2.49. The summed E-state index contributed by atoms with van der Waals surface area (Å²) in [5.74, 6) is 0.507. The predicted molar refractivity (Wildman–Crippen MR) is 114 cm³/mol. The van der Waals surface area contributed by atoms with Gasteiger partial charge in [-0.2, -0.15) is 0 Å². The highest BCUT2D eigenvalue weighted by Crippen LogP contribution is 2.43. The van der Waals surface area contributed by atoms with E-state index in [0.29, 0.717) is 12.5 Å². The van der Waals surface area contributed by atoms with Crippen molar-refractivity contribution >= 4 is 34.0 Å². The molecule has 26 heavy (non-hydrogen) atoms. The second kappa shape index (κ2) is 8.66. The van der Waals surface area contributed by atoms with Gasteiger partial charge in [-0.25, -0.2) is 0 Å². The lowest BCUT2D eigenvalue weighted by atomic mass is 9.97. The van der Waals surface area contributed by atoms with Crippen molar-refractivity contribution < 1.29 is 14.4 Å². The maximum Gasteiger partial charge on any atom is 0.166 e. The fraction of sp³-hybridized carbons (Fsp3) is 0.700. The molecule has 4 nitrogen and oxygen atoms in total. The van der Waals surface area contributed by atoms with E-state index in [9.17, 15) is 9.66 Å². The molecule has 1 saturated heterocycles. The molecule has 1 aromatic carbocycles. The molecule has 3 rings (SSSR count). The van der Waals surface area contributed by atoms with Crippen LogP contribution in [0.15, 0.2) is 30.3 Å². The van der Waals surface area contributed by atoms with Gasteiger partial charge in [0, 0.05) is 11.4 Å². The van der Waals surface area contributed by atoms with Crippen molar-refractivity contribution in [1.29, 1.82) is 0 Å². The van der Waals surface area contributed by atoms with Crippen molar-refractivity contribution in [3.05, 3.63) is 35.9 Å². The fourth-order valence-electron chi connectivity index (χ4n) is 3.60. The fourth-order valence-corrected chi connectivity index (χ4v) is 5.63. The van der Waals surface area contributed by atoms with Crippen LogP contribution in [0, 0.1) is 5.92 Å². The van der Waals surface area contributed by atoms with E-state index in [0.717, 1.165) is 25.7 Å². The van der Waals surface area contributed by atoms with Gasteiger partial charge in [-0.3, -0.25) is 0 Å². The van der Waals surface area contributed by atoms with Crippen LogP contribution in [0.3, 0.4) is 0 Å². The molecule has 2 aliphatic rings. The summed E-state index contributed by atoms with van der Waals surface area (Å²) in [6, 6.07) is 10.3. The van der Waals surface area contributed by atoms with Gasteiger partial charge in [-0.15, -0.1) is 4.31 Å². The Morgan fingerprint density at radius 2 is 1.88 bits per heavy atom. The summed E-state index contributed by atoms with van der Waals surface area (Å²) < 4.78 is 21.4. The summed E-state index contributed by atoms with van der Waals surface area (Å²) >= 11 is 1.12. The second-order valence-electron chi connectivity index (χ2n) is 8.41. The van der Waals surface area contributed by atoms with Crippen molar-refractivity contribution in [3.8, 4) is 0 Å². The van der Waals surface area contributed by atoms with E-state index in [1.807, 2.05) is 39.0 Å². The number of hydrogen-bond donors (Lipinski definition) is 1. The number of hydrogen-bond acceptors (Lipinski definition) is 4. The van der Waals surface area contributed by atoms with Crippen LogP contribution in [0.4, 0.5) is 0 Å². The molecule has 0 bridgehead atoms. The first kappa shape index (κ1) is 20.9. The van der Waals surface area contributed by atoms with Gasteiger partial charge >= 0.3 is 0 Å². The third-order valence-corrected chi connectivity index (χ3v) is 8.17. The van der Waals surface area contributed by atoms with Gasteiger partial charge in [-0.05, 0) is 57.9 Å². The third kappa shape index (κ3) is 5.14. The summed E-state index contributed by atoms with van der Waals surface area (Å²) in [5.41, 5.74) is 1.17. The molecule has 0 unspecified atom stereocenters. The molecule has 5 atom stereocenters. The van der Waals surface area contributed by atoms with Crippen LogP contribution in [0.5, 0.6) is 0 Å². The summed E-state index contributed by atoms with van der Waals surface area (Å²) in [6.07, 6.45) is 3.38. The van der Waals surface area contributed by atoms with E-state index in [1.165, 1.54) is 5.56 Å². The van der Waals surface area contributed by atoms with E-state index in [4.69, 9.17) is 4.74 Å². The molecule has 1 heterocycles. The third-order valence-electron chi connectivity index (χ3n) is 5.09. The molecule has 1 aromatic rings. The van der Waals surface area contributed by atoms with Gasteiger partial charge < -0.3 is 14.4 Å². The number of alkyl halides is 1. The molecular weight excluding hydrogens is 461 g/mol. The first-order valence-corrected chi connectivity index (χ1v) is 11.8. The average Bonchev–Trinajstić information content (AvgIpc) is 3.42. The zero-order chi connectivity index (χ0) is 18.9. The average molecular weight is 491 g/mol. The van der Waals surface area contributed by atoms with Crippen LogP contribution in [-0.4, -0.2) is 41.1 Å². The molecule has 0 aromatic heterocycles. The van der Waals surface area contributed by atoms with Crippen LogP contribution < -0.4 is 0 Å². The summed E-state index contributed by atoms with van der Waals surface area (Å²) in [6.45, 7) is 6.74. The van der Waals surface area contributed by atoms with Gasteiger partial charge in [0.1, 0.15) is 4.75 Å². The molecule has 1 aliphatic carbocycles. The lowest BCUT2D eigenvalue weighted by Crippen LogP contribution is -2.55. The van der Waals surface area contributed by atoms with E-state index >= 15 is 0 Å². The minimum Gasteiger partial charge on any atom is -0.597 e. The number of halogens is 1. The number of ether oxygens (including phenoxy) is 1. The minimum atomic E-state index is -1.14. The molecule has 1 aliphatic heterocycles. The SMILES string of the molecule is CC(C)(C)[S@+]([O-])N(Cc1ccccc1)[C@@H](C1CC1)[C@@H]1CC[C@H](I)[C@@H](O)O1. The smallest absolute Gasteiger partial charge is 0.166 e. The highest BCUT2D eigenvalue weighted by atomic mass is 127. The summed E-state index contributed by atoms with van der Waals surface area (Å²) in [4.78, 5) is 0. The molecular formula is C20H30INO3S. The van der Waals surface area contributed by atoms with Crippen LogP contribution in [0.1, 0.15) is 52.0 Å². The number of rotatable bonds is 6. The largest absolute Gasteiger partial charge is 0.597 e. The van der Waals surface area contributed by atoms with Gasteiger partial charge in [0.05, 0.1) is 22.6 Å². The Hall–Kier alpha value is 0.140. The first-order valence-electron chi connectivity index (χ1n) is 9.47. The molecule has 1 saturated carbocycles. The van der Waals surface area contributed by atoms with Crippen molar-refractivity contribution in [2.24, 2.45) is 5.92 Å². The van der Waals surface area contributed by atoms with Crippen LogP contribution in [0.25, 0.3) is 0 Å². The van der Waals surface area contributed by atoms with E-state index in [1.54, 1.807) is 0 Å². The first-order chi connectivity index (χ1) is 12.3.